The first-order valence-electron chi connectivity index (χ1n) is 8.38. The molecule has 1 aromatic carbocycles. The van der Waals surface area contributed by atoms with Gasteiger partial charge in [-0.1, -0.05) is 23.5 Å². The topological polar surface area (TPSA) is 71.2 Å². The number of amides is 1. The smallest absolute Gasteiger partial charge is 0.261 e. The van der Waals surface area contributed by atoms with Crippen LogP contribution in [0.3, 0.4) is 0 Å². The van der Waals surface area contributed by atoms with E-state index >= 15 is 0 Å². The van der Waals surface area contributed by atoms with Gasteiger partial charge in [-0.3, -0.25) is 4.79 Å². The molecule has 132 valence electrons. The van der Waals surface area contributed by atoms with Crippen molar-refractivity contribution in [1.82, 2.24) is 10.3 Å². The molecule has 0 aliphatic heterocycles. The number of thiophene rings is 1. The zero-order valence-electron chi connectivity index (χ0n) is 14.4. The summed E-state index contributed by atoms with van der Waals surface area (Å²) in [6.07, 6.45) is 0.788. The van der Waals surface area contributed by atoms with Gasteiger partial charge in [-0.25, -0.2) is 4.98 Å². The van der Waals surface area contributed by atoms with E-state index in [1.54, 1.807) is 11.3 Å². The van der Waals surface area contributed by atoms with Crippen molar-refractivity contribution < 1.29 is 4.79 Å². The SMILES string of the molecule is CCN(CC)c1nc2sc(C(=O)NCCc3ccc(N)cc3)cc2s1. The average molecular weight is 375 g/mol. The fourth-order valence-corrected chi connectivity index (χ4v) is 4.81. The lowest BCUT2D eigenvalue weighted by molar-refractivity contribution is 0.0958. The molecule has 25 heavy (non-hydrogen) atoms. The van der Waals surface area contributed by atoms with Crippen LogP contribution in [0.2, 0.25) is 0 Å². The number of thiazole rings is 1. The highest BCUT2D eigenvalue weighted by Crippen LogP contribution is 2.34. The molecule has 3 rings (SSSR count). The van der Waals surface area contributed by atoms with Crippen molar-refractivity contribution in [3.05, 3.63) is 40.8 Å². The Morgan fingerprint density at radius 3 is 2.56 bits per heavy atom. The van der Waals surface area contributed by atoms with Crippen molar-refractivity contribution in [2.75, 3.05) is 30.3 Å². The fraction of sp³-hybridized carbons (Fsp3) is 0.333. The molecule has 7 heteroatoms. The molecule has 2 aromatic heterocycles. The van der Waals surface area contributed by atoms with Crippen LogP contribution in [0.1, 0.15) is 29.1 Å². The highest BCUT2D eigenvalue weighted by molar-refractivity contribution is 7.29. The first-order chi connectivity index (χ1) is 12.1. The molecule has 0 atom stereocenters. The predicted octanol–water partition coefficient (Wildman–Crippen LogP) is 3.76. The molecule has 0 aliphatic carbocycles. The highest BCUT2D eigenvalue weighted by Gasteiger charge is 2.15. The Balaban J connectivity index is 1.60. The van der Waals surface area contributed by atoms with Crippen LogP contribution in [-0.4, -0.2) is 30.5 Å². The van der Waals surface area contributed by atoms with E-state index in [2.05, 4.69) is 29.0 Å². The Labute approximate surface area is 155 Å². The summed E-state index contributed by atoms with van der Waals surface area (Å²) in [5.41, 5.74) is 7.59. The molecule has 0 saturated heterocycles. The Morgan fingerprint density at radius 1 is 1.20 bits per heavy atom. The van der Waals surface area contributed by atoms with Gasteiger partial charge in [-0.15, -0.1) is 11.3 Å². The molecular formula is C18H22N4OS2. The van der Waals surface area contributed by atoms with E-state index in [0.29, 0.717) is 6.54 Å². The molecule has 0 bridgehead atoms. The maximum atomic E-state index is 12.3. The summed E-state index contributed by atoms with van der Waals surface area (Å²) in [5, 5.41) is 4.01. The number of nitrogen functional groups attached to an aromatic ring is 1. The van der Waals surface area contributed by atoms with Gasteiger partial charge in [0.25, 0.3) is 5.91 Å². The minimum atomic E-state index is -0.0324. The van der Waals surface area contributed by atoms with Crippen LogP contribution >= 0.6 is 22.7 Å². The summed E-state index contributed by atoms with van der Waals surface area (Å²) in [6.45, 7) is 6.73. The van der Waals surface area contributed by atoms with Crippen LogP contribution in [0.5, 0.6) is 0 Å². The van der Waals surface area contributed by atoms with E-state index in [0.717, 1.165) is 50.3 Å². The van der Waals surface area contributed by atoms with Crippen molar-refractivity contribution in [1.29, 1.82) is 0 Å². The standard InChI is InChI=1S/C18H22N4OS2/c1-3-22(4-2)18-21-17-15(25-18)11-14(24-17)16(23)20-10-9-12-5-7-13(19)8-6-12/h5-8,11H,3-4,9-10,19H2,1-2H3,(H,20,23). The quantitative estimate of drug-likeness (QED) is 0.618. The van der Waals surface area contributed by atoms with Gasteiger partial charge >= 0.3 is 0 Å². The van der Waals surface area contributed by atoms with Gasteiger partial charge in [-0.05, 0) is 44.0 Å². The van der Waals surface area contributed by atoms with Crippen molar-refractivity contribution >= 4 is 48.9 Å². The van der Waals surface area contributed by atoms with Gasteiger partial charge in [0.2, 0.25) is 0 Å². The molecule has 0 saturated carbocycles. The molecule has 0 spiro atoms. The van der Waals surface area contributed by atoms with E-state index in [4.69, 9.17) is 5.73 Å². The first-order valence-corrected chi connectivity index (χ1v) is 10.0. The van der Waals surface area contributed by atoms with Crippen LogP contribution in [0, 0.1) is 0 Å². The monoisotopic (exact) mass is 374 g/mol. The Kier molecular flexibility index (Phi) is 5.55. The van der Waals surface area contributed by atoms with Crippen molar-refractivity contribution in [3.8, 4) is 0 Å². The van der Waals surface area contributed by atoms with Crippen LogP contribution in [-0.2, 0) is 6.42 Å². The molecule has 0 unspecified atom stereocenters. The Hall–Kier alpha value is -2.12. The van der Waals surface area contributed by atoms with Gasteiger partial charge in [-0.2, -0.15) is 0 Å². The lowest BCUT2D eigenvalue weighted by Gasteiger charge is -2.16. The molecule has 1 amide bonds. The minimum Gasteiger partial charge on any atom is -0.399 e. The second-order valence-corrected chi connectivity index (χ2v) is 7.74. The third kappa shape index (κ3) is 4.11. The number of anilines is 2. The number of hydrogen-bond acceptors (Lipinski definition) is 6. The van der Waals surface area contributed by atoms with E-state index in [1.807, 2.05) is 30.3 Å². The van der Waals surface area contributed by atoms with Crippen LogP contribution < -0.4 is 16.0 Å². The number of carbonyl (C=O) groups excluding carboxylic acids is 1. The number of nitrogens with zero attached hydrogens (tertiary/aromatic N) is 2. The molecule has 3 aromatic rings. The molecule has 5 nitrogen and oxygen atoms in total. The number of benzene rings is 1. The van der Waals surface area contributed by atoms with Gasteiger partial charge in [0.1, 0.15) is 4.83 Å². The van der Waals surface area contributed by atoms with Gasteiger partial charge in [0.15, 0.2) is 5.13 Å². The summed E-state index contributed by atoms with van der Waals surface area (Å²) < 4.78 is 1.08. The lowest BCUT2D eigenvalue weighted by atomic mass is 10.1. The third-order valence-corrected chi connectivity index (χ3v) is 6.23. The second-order valence-electron chi connectivity index (χ2n) is 5.70. The zero-order chi connectivity index (χ0) is 17.8. The maximum Gasteiger partial charge on any atom is 0.261 e. The second kappa shape index (κ2) is 7.84. The predicted molar refractivity (Wildman–Crippen MR) is 108 cm³/mol. The van der Waals surface area contributed by atoms with E-state index in [1.165, 1.54) is 11.3 Å². The van der Waals surface area contributed by atoms with Gasteiger partial charge in [0, 0.05) is 25.3 Å². The summed E-state index contributed by atoms with van der Waals surface area (Å²) >= 11 is 3.11. The third-order valence-electron chi connectivity index (χ3n) is 4.01. The normalized spacial score (nSPS) is 11.0. The number of fused-ring (bicyclic) bond motifs is 1. The summed E-state index contributed by atoms with van der Waals surface area (Å²) in [4.78, 5) is 20.9. The largest absolute Gasteiger partial charge is 0.399 e. The molecule has 3 N–H and O–H groups in total. The highest BCUT2D eigenvalue weighted by atomic mass is 32.1. The minimum absolute atomic E-state index is 0.0324. The van der Waals surface area contributed by atoms with Gasteiger partial charge < -0.3 is 16.0 Å². The van der Waals surface area contributed by atoms with Crippen LogP contribution in [0.4, 0.5) is 10.8 Å². The molecule has 0 aliphatic rings. The molecule has 2 heterocycles. The van der Waals surface area contributed by atoms with Crippen molar-refractivity contribution in [2.24, 2.45) is 0 Å². The van der Waals surface area contributed by atoms with Gasteiger partial charge in [0.05, 0.1) is 9.58 Å². The first kappa shape index (κ1) is 17.7. The number of rotatable bonds is 7. The average Bonchev–Trinajstić information content (AvgIpc) is 3.17. The summed E-state index contributed by atoms with van der Waals surface area (Å²) in [7, 11) is 0. The van der Waals surface area contributed by atoms with Crippen molar-refractivity contribution in [3.63, 3.8) is 0 Å². The number of carbonyl (C=O) groups is 1. The molecule has 0 fully saturated rings. The number of nitrogens with two attached hydrogens (primary N) is 1. The summed E-state index contributed by atoms with van der Waals surface area (Å²) in [5.74, 6) is -0.0324. The number of aromatic nitrogens is 1. The van der Waals surface area contributed by atoms with Crippen molar-refractivity contribution in [2.45, 2.75) is 20.3 Å². The van der Waals surface area contributed by atoms with E-state index in [-0.39, 0.29) is 5.91 Å². The Morgan fingerprint density at radius 2 is 1.92 bits per heavy atom. The zero-order valence-corrected chi connectivity index (χ0v) is 16.0. The summed E-state index contributed by atoms with van der Waals surface area (Å²) in [6, 6.07) is 9.68. The van der Waals surface area contributed by atoms with E-state index < -0.39 is 0 Å². The van der Waals surface area contributed by atoms with Crippen LogP contribution in [0.15, 0.2) is 30.3 Å². The number of nitrogens with one attached hydrogen (secondary N) is 1. The maximum absolute atomic E-state index is 12.3. The Bertz CT molecular complexity index is 818. The number of hydrogen-bond donors (Lipinski definition) is 2. The molecular weight excluding hydrogens is 352 g/mol. The van der Waals surface area contributed by atoms with Crippen LogP contribution in [0.25, 0.3) is 9.53 Å². The van der Waals surface area contributed by atoms with E-state index in [9.17, 15) is 4.79 Å². The molecule has 0 radical (unpaired) electrons. The fourth-order valence-electron chi connectivity index (χ4n) is 2.56. The lowest BCUT2D eigenvalue weighted by Crippen LogP contribution is -2.24.